The van der Waals surface area contributed by atoms with Crippen molar-refractivity contribution in [3.63, 3.8) is 0 Å². The van der Waals surface area contributed by atoms with Crippen molar-refractivity contribution in [1.82, 2.24) is 0 Å². The van der Waals surface area contributed by atoms with Crippen molar-refractivity contribution in [1.29, 1.82) is 5.26 Å². The number of benzene rings is 2. The second-order valence-corrected chi connectivity index (χ2v) is 7.03. The molecule has 0 radical (unpaired) electrons. The van der Waals surface area contributed by atoms with Crippen LogP contribution in [0.5, 0.6) is 0 Å². The van der Waals surface area contributed by atoms with Gasteiger partial charge in [-0.15, -0.1) is 0 Å². The van der Waals surface area contributed by atoms with Crippen LogP contribution in [0.15, 0.2) is 51.8 Å². The van der Waals surface area contributed by atoms with E-state index in [4.69, 9.17) is 5.26 Å². The van der Waals surface area contributed by atoms with Gasteiger partial charge in [0, 0.05) is 11.5 Å². The molecule has 0 aliphatic rings. The van der Waals surface area contributed by atoms with Gasteiger partial charge in [-0.1, -0.05) is 28.1 Å². The maximum absolute atomic E-state index is 13.9. The predicted octanol–water partition coefficient (Wildman–Crippen LogP) is 3.28. The molecule has 0 aromatic heterocycles. The van der Waals surface area contributed by atoms with E-state index in [9.17, 15) is 12.8 Å². The Balaban J connectivity index is 2.56. The van der Waals surface area contributed by atoms with Crippen molar-refractivity contribution in [2.24, 2.45) is 0 Å². The molecule has 0 aliphatic carbocycles. The summed E-state index contributed by atoms with van der Waals surface area (Å²) in [6.07, 6.45) is 0. The van der Waals surface area contributed by atoms with Crippen molar-refractivity contribution in [2.75, 3.05) is 11.4 Å². The van der Waals surface area contributed by atoms with Gasteiger partial charge in [-0.05, 0) is 30.3 Å². The van der Waals surface area contributed by atoms with E-state index in [2.05, 4.69) is 15.9 Å². The Bertz CT molecular complexity index is 831. The van der Waals surface area contributed by atoms with Gasteiger partial charge in [0.1, 0.15) is 16.8 Å². The van der Waals surface area contributed by atoms with Crippen LogP contribution in [0.3, 0.4) is 0 Å². The van der Waals surface area contributed by atoms with Gasteiger partial charge in [0.2, 0.25) is 0 Å². The maximum atomic E-state index is 13.9. The molecule has 0 bridgehead atoms. The molecule has 0 aliphatic heterocycles. The molecule has 0 unspecified atom stereocenters. The summed E-state index contributed by atoms with van der Waals surface area (Å²) in [5, 5.41) is 9.04. The first kappa shape index (κ1) is 15.5. The zero-order valence-corrected chi connectivity index (χ0v) is 13.3. The first-order valence-corrected chi connectivity index (χ1v) is 8.04. The Labute approximate surface area is 130 Å². The van der Waals surface area contributed by atoms with E-state index in [1.165, 1.54) is 31.3 Å². The zero-order chi connectivity index (χ0) is 15.6. The molecule has 0 fully saturated rings. The summed E-state index contributed by atoms with van der Waals surface area (Å²) < 4.78 is 40.2. The second kappa shape index (κ2) is 5.84. The first-order chi connectivity index (χ1) is 9.87. The summed E-state index contributed by atoms with van der Waals surface area (Å²) >= 11 is 3.08. The van der Waals surface area contributed by atoms with Gasteiger partial charge in [0.05, 0.1) is 11.3 Å². The summed E-state index contributed by atoms with van der Waals surface area (Å²) in [7, 11) is -2.80. The number of para-hydroxylation sites is 1. The number of nitrogens with zero attached hydrogens (tertiary/aromatic N) is 2. The molecule has 0 N–H and O–H groups in total. The standard InChI is InChI=1S/C14H10BrFN2O2S/c1-18(13-5-3-2-4-10(13)9-17)21(19,20)14-7-6-11(15)8-12(14)16/h2-8H,1H3. The molecule has 0 saturated heterocycles. The van der Waals surface area contributed by atoms with E-state index in [1.807, 2.05) is 6.07 Å². The lowest BCUT2D eigenvalue weighted by Crippen LogP contribution is -2.28. The number of nitriles is 1. The van der Waals surface area contributed by atoms with Gasteiger partial charge in [-0.2, -0.15) is 5.26 Å². The summed E-state index contributed by atoms with van der Waals surface area (Å²) in [5.41, 5.74) is 0.392. The summed E-state index contributed by atoms with van der Waals surface area (Å²) in [6, 6.07) is 11.9. The minimum Gasteiger partial charge on any atom is -0.268 e. The third-order valence-corrected chi connectivity index (χ3v) is 5.19. The van der Waals surface area contributed by atoms with E-state index in [0.29, 0.717) is 4.47 Å². The lowest BCUT2D eigenvalue weighted by molar-refractivity contribution is 0.565. The Morgan fingerprint density at radius 2 is 1.90 bits per heavy atom. The van der Waals surface area contributed by atoms with E-state index >= 15 is 0 Å². The highest BCUT2D eigenvalue weighted by molar-refractivity contribution is 9.10. The van der Waals surface area contributed by atoms with Crippen molar-refractivity contribution < 1.29 is 12.8 Å². The summed E-state index contributed by atoms with van der Waals surface area (Å²) in [5.74, 6) is -0.856. The molecule has 7 heteroatoms. The Morgan fingerprint density at radius 1 is 1.24 bits per heavy atom. The SMILES string of the molecule is CN(c1ccccc1C#N)S(=O)(=O)c1ccc(Br)cc1F. The number of sulfonamides is 1. The Hall–Kier alpha value is -1.91. The molecule has 0 spiro atoms. The van der Waals surface area contributed by atoms with E-state index in [-0.39, 0.29) is 11.3 Å². The number of anilines is 1. The number of hydrogen-bond donors (Lipinski definition) is 0. The molecule has 0 atom stereocenters. The first-order valence-electron chi connectivity index (χ1n) is 5.81. The van der Waals surface area contributed by atoms with E-state index in [0.717, 1.165) is 10.4 Å². The van der Waals surface area contributed by atoms with Crippen molar-refractivity contribution in [2.45, 2.75) is 4.90 Å². The zero-order valence-electron chi connectivity index (χ0n) is 10.9. The van der Waals surface area contributed by atoms with Gasteiger partial charge in [0.25, 0.3) is 10.0 Å². The lowest BCUT2D eigenvalue weighted by atomic mass is 10.2. The third kappa shape index (κ3) is 2.91. The fraction of sp³-hybridized carbons (Fsp3) is 0.0714. The Morgan fingerprint density at radius 3 is 2.52 bits per heavy atom. The molecule has 2 aromatic rings. The smallest absolute Gasteiger partial charge is 0.267 e. The Kier molecular flexibility index (Phi) is 4.30. The number of rotatable bonds is 3. The molecule has 0 amide bonds. The molecule has 0 saturated carbocycles. The average Bonchev–Trinajstić information content (AvgIpc) is 2.46. The van der Waals surface area contributed by atoms with Gasteiger partial charge in [0.15, 0.2) is 0 Å². The highest BCUT2D eigenvalue weighted by Crippen LogP contribution is 2.27. The van der Waals surface area contributed by atoms with Crippen LogP contribution in [-0.2, 0) is 10.0 Å². The van der Waals surface area contributed by atoms with E-state index in [1.54, 1.807) is 12.1 Å². The molecule has 2 aromatic carbocycles. The van der Waals surface area contributed by atoms with E-state index < -0.39 is 20.7 Å². The van der Waals surface area contributed by atoms with Crippen LogP contribution in [0.2, 0.25) is 0 Å². The molecule has 0 heterocycles. The summed E-state index contributed by atoms with van der Waals surface area (Å²) in [4.78, 5) is -0.444. The van der Waals surface area contributed by atoms with Crippen LogP contribution in [-0.4, -0.2) is 15.5 Å². The molecule has 108 valence electrons. The maximum Gasteiger partial charge on any atom is 0.267 e. The molecular weight excluding hydrogens is 359 g/mol. The molecule has 2 rings (SSSR count). The fourth-order valence-corrected chi connectivity index (χ4v) is 3.40. The van der Waals surface area contributed by atoms with Crippen LogP contribution in [0.4, 0.5) is 10.1 Å². The second-order valence-electron chi connectivity index (χ2n) is 4.18. The normalized spacial score (nSPS) is 11.0. The van der Waals surface area contributed by atoms with Crippen LogP contribution in [0.25, 0.3) is 0 Å². The fourth-order valence-electron chi connectivity index (χ4n) is 1.80. The van der Waals surface area contributed by atoms with Crippen molar-refractivity contribution in [3.05, 3.63) is 58.3 Å². The van der Waals surface area contributed by atoms with Crippen molar-refractivity contribution >= 4 is 31.6 Å². The predicted molar refractivity (Wildman–Crippen MR) is 80.8 cm³/mol. The largest absolute Gasteiger partial charge is 0.268 e. The highest BCUT2D eigenvalue weighted by atomic mass is 79.9. The molecule has 21 heavy (non-hydrogen) atoms. The van der Waals surface area contributed by atoms with Gasteiger partial charge in [-0.25, -0.2) is 12.8 Å². The van der Waals surface area contributed by atoms with Gasteiger partial charge >= 0.3 is 0 Å². The quantitative estimate of drug-likeness (QED) is 0.834. The number of halogens is 2. The van der Waals surface area contributed by atoms with Gasteiger partial charge in [-0.3, -0.25) is 4.31 Å². The summed E-state index contributed by atoms with van der Waals surface area (Å²) in [6.45, 7) is 0. The topological polar surface area (TPSA) is 61.2 Å². The third-order valence-electron chi connectivity index (χ3n) is 2.90. The van der Waals surface area contributed by atoms with Crippen LogP contribution >= 0.6 is 15.9 Å². The van der Waals surface area contributed by atoms with Crippen molar-refractivity contribution in [3.8, 4) is 6.07 Å². The number of hydrogen-bond acceptors (Lipinski definition) is 3. The average molecular weight is 369 g/mol. The monoisotopic (exact) mass is 368 g/mol. The van der Waals surface area contributed by atoms with Gasteiger partial charge < -0.3 is 0 Å². The highest BCUT2D eigenvalue weighted by Gasteiger charge is 2.26. The molecule has 4 nitrogen and oxygen atoms in total. The minimum atomic E-state index is -4.09. The van der Waals surface area contributed by atoms with Crippen LogP contribution in [0, 0.1) is 17.1 Å². The van der Waals surface area contributed by atoms with Crippen LogP contribution in [0.1, 0.15) is 5.56 Å². The lowest BCUT2D eigenvalue weighted by Gasteiger charge is -2.20. The molecular formula is C14H10BrFN2O2S. The van der Waals surface area contributed by atoms with Crippen LogP contribution < -0.4 is 4.31 Å². The minimum absolute atomic E-state index is 0.195.